The van der Waals surface area contributed by atoms with E-state index in [1.54, 1.807) is 24.3 Å². The van der Waals surface area contributed by atoms with Gasteiger partial charge in [0.1, 0.15) is 0 Å². The van der Waals surface area contributed by atoms with E-state index < -0.39 is 4.83 Å². The lowest BCUT2D eigenvalue weighted by Gasteiger charge is -2.08. The van der Waals surface area contributed by atoms with Crippen LogP contribution in [0.4, 0.5) is 14.5 Å². The van der Waals surface area contributed by atoms with E-state index in [4.69, 9.17) is 11.6 Å². The zero-order chi connectivity index (χ0) is 13.6. The molecule has 2 nitrogen and oxygen atoms in total. The fourth-order valence-electron chi connectivity index (χ4n) is 1.39. The van der Waals surface area contributed by atoms with Crippen molar-refractivity contribution in [3.63, 3.8) is 0 Å². The molecule has 1 amide bonds. The van der Waals surface area contributed by atoms with Crippen LogP contribution in [0.3, 0.4) is 0 Å². The number of hydrogen-bond acceptors (Lipinski definition) is 1. The lowest BCUT2D eigenvalue weighted by atomic mass is 10.2. The number of unbranched alkanes of at least 4 members (excludes halogenated alkanes) is 1. The molecule has 0 fully saturated rings. The van der Waals surface area contributed by atoms with Crippen LogP contribution in [0.15, 0.2) is 24.3 Å². The van der Waals surface area contributed by atoms with Gasteiger partial charge >= 0.3 is 4.83 Å². The molecule has 0 saturated carbocycles. The number of anilines is 1. The smallest absolute Gasteiger partial charge is 0.301 e. The monoisotopic (exact) mass is 339 g/mol. The van der Waals surface area contributed by atoms with Crippen molar-refractivity contribution >= 4 is 39.1 Å². The number of para-hydroxylation sites is 1. The maximum absolute atomic E-state index is 12.4. The molecule has 6 heteroatoms. The van der Waals surface area contributed by atoms with Gasteiger partial charge in [0.2, 0.25) is 5.91 Å². The Morgan fingerprint density at radius 2 is 2.00 bits per heavy atom. The second-order valence-electron chi connectivity index (χ2n) is 3.85. The van der Waals surface area contributed by atoms with Gasteiger partial charge in [-0.3, -0.25) is 4.79 Å². The second kappa shape index (κ2) is 7.04. The first kappa shape index (κ1) is 15.4. The molecule has 18 heavy (non-hydrogen) atoms. The van der Waals surface area contributed by atoms with Crippen molar-refractivity contribution in [3.8, 4) is 0 Å². The molecule has 0 aromatic heterocycles. The topological polar surface area (TPSA) is 29.1 Å². The fourth-order valence-corrected chi connectivity index (χ4v) is 1.85. The van der Waals surface area contributed by atoms with Crippen molar-refractivity contribution in [1.29, 1.82) is 0 Å². The molecule has 0 aliphatic heterocycles. The number of nitrogens with one attached hydrogen (secondary N) is 1. The zero-order valence-electron chi connectivity index (χ0n) is 9.56. The highest BCUT2D eigenvalue weighted by molar-refractivity contribution is 9.09. The summed E-state index contributed by atoms with van der Waals surface area (Å²) in [5.41, 5.74) is 0.537. The fraction of sp³-hybridized carbons (Fsp3) is 0.417. The summed E-state index contributed by atoms with van der Waals surface area (Å²) in [6, 6.07) is 6.87. The van der Waals surface area contributed by atoms with Crippen molar-refractivity contribution in [2.24, 2.45) is 0 Å². The van der Waals surface area contributed by atoms with Crippen LogP contribution in [-0.4, -0.2) is 10.7 Å². The molecule has 0 saturated heterocycles. The Hall–Kier alpha value is -0.680. The van der Waals surface area contributed by atoms with Gasteiger partial charge in [0, 0.05) is 12.8 Å². The Labute approximate surface area is 118 Å². The summed E-state index contributed by atoms with van der Waals surface area (Å²) in [5.74, 6) is -0.221. The number of benzene rings is 1. The number of amides is 1. The molecule has 0 atom stereocenters. The number of alkyl halides is 3. The molecule has 0 aliphatic rings. The largest absolute Gasteiger partial charge is 0.325 e. The summed E-state index contributed by atoms with van der Waals surface area (Å²) < 4.78 is 24.9. The molecule has 0 bridgehead atoms. The Morgan fingerprint density at radius 1 is 1.33 bits per heavy atom. The third-order valence-electron chi connectivity index (χ3n) is 2.26. The summed E-state index contributed by atoms with van der Waals surface area (Å²) in [4.78, 5) is 8.68. The summed E-state index contributed by atoms with van der Waals surface area (Å²) in [7, 11) is 0. The van der Waals surface area contributed by atoms with E-state index in [0.29, 0.717) is 17.1 Å². The molecule has 0 radical (unpaired) electrons. The van der Waals surface area contributed by atoms with Crippen LogP contribution in [0.1, 0.15) is 25.7 Å². The lowest BCUT2D eigenvalue weighted by molar-refractivity contribution is -0.116. The van der Waals surface area contributed by atoms with E-state index >= 15 is 0 Å². The quantitative estimate of drug-likeness (QED) is 0.583. The van der Waals surface area contributed by atoms with Crippen molar-refractivity contribution in [3.05, 3.63) is 29.3 Å². The van der Waals surface area contributed by atoms with E-state index in [1.807, 2.05) is 0 Å². The highest BCUT2D eigenvalue weighted by Crippen LogP contribution is 2.28. The molecule has 0 spiro atoms. The molecule has 0 aliphatic carbocycles. The van der Waals surface area contributed by atoms with Gasteiger partial charge < -0.3 is 5.32 Å². The zero-order valence-corrected chi connectivity index (χ0v) is 11.9. The third kappa shape index (κ3) is 6.31. The maximum Gasteiger partial charge on any atom is 0.301 e. The van der Waals surface area contributed by atoms with Gasteiger partial charge in [-0.2, -0.15) is 8.78 Å². The Bertz CT molecular complexity index is 409. The normalized spacial score (nSPS) is 11.3. The van der Waals surface area contributed by atoms with E-state index in [9.17, 15) is 13.6 Å². The van der Waals surface area contributed by atoms with Gasteiger partial charge in [-0.15, -0.1) is 0 Å². The Morgan fingerprint density at radius 3 is 2.61 bits per heavy atom. The van der Waals surface area contributed by atoms with Crippen LogP contribution < -0.4 is 5.32 Å². The Kier molecular flexibility index (Phi) is 6.02. The van der Waals surface area contributed by atoms with Crippen LogP contribution in [-0.2, 0) is 4.79 Å². The van der Waals surface area contributed by atoms with Crippen LogP contribution in [0.25, 0.3) is 0 Å². The van der Waals surface area contributed by atoms with Crippen LogP contribution in [0.2, 0.25) is 5.02 Å². The molecule has 1 aromatic rings. The highest BCUT2D eigenvalue weighted by atomic mass is 79.9. The Balaban J connectivity index is 2.29. The van der Waals surface area contributed by atoms with E-state index in [0.717, 1.165) is 0 Å². The number of carbonyl (C=O) groups is 1. The van der Waals surface area contributed by atoms with E-state index in [2.05, 4.69) is 21.2 Å². The number of rotatable bonds is 6. The minimum atomic E-state index is -2.84. The molecular weight excluding hydrogens is 327 g/mol. The molecule has 0 unspecified atom stereocenters. The number of carbonyl (C=O) groups excluding carboxylic acids is 1. The van der Waals surface area contributed by atoms with Crippen molar-refractivity contribution in [1.82, 2.24) is 0 Å². The van der Waals surface area contributed by atoms with E-state index in [1.165, 1.54) is 0 Å². The van der Waals surface area contributed by atoms with Gasteiger partial charge in [0.25, 0.3) is 0 Å². The average molecular weight is 341 g/mol. The first-order chi connectivity index (χ1) is 8.38. The SMILES string of the molecule is O=C(CCCCC(F)(F)Br)Nc1ccccc1Cl. The molecule has 1 rings (SSSR count). The van der Waals surface area contributed by atoms with E-state index in [-0.39, 0.29) is 25.2 Å². The number of halogens is 4. The van der Waals surface area contributed by atoms with Gasteiger partial charge in [-0.1, -0.05) is 23.7 Å². The maximum atomic E-state index is 12.4. The summed E-state index contributed by atoms with van der Waals surface area (Å²) >= 11 is 8.13. The summed E-state index contributed by atoms with van der Waals surface area (Å²) in [6.45, 7) is 0. The summed E-state index contributed by atoms with van der Waals surface area (Å²) in [5, 5.41) is 3.09. The minimum Gasteiger partial charge on any atom is -0.325 e. The molecule has 1 aromatic carbocycles. The van der Waals surface area contributed by atoms with Gasteiger partial charge in [-0.25, -0.2) is 0 Å². The molecular formula is C12H13BrClF2NO. The lowest BCUT2D eigenvalue weighted by Crippen LogP contribution is -2.12. The van der Waals surface area contributed by atoms with Gasteiger partial charge in [0.05, 0.1) is 10.7 Å². The summed E-state index contributed by atoms with van der Waals surface area (Å²) in [6.07, 6.45) is 0.631. The second-order valence-corrected chi connectivity index (χ2v) is 5.42. The minimum absolute atomic E-state index is 0.203. The van der Waals surface area contributed by atoms with Crippen molar-refractivity contribution in [2.45, 2.75) is 30.5 Å². The number of hydrogen-bond donors (Lipinski definition) is 1. The highest BCUT2D eigenvalue weighted by Gasteiger charge is 2.22. The predicted molar refractivity (Wildman–Crippen MR) is 72.4 cm³/mol. The molecule has 1 N–H and O–H groups in total. The van der Waals surface area contributed by atoms with Crippen LogP contribution in [0.5, 0.6) is 0 Å². The third-order valence-corrected chi connectivity index (χ3v) is 2.99. The van der Waals surface area contributed by atoms with Gasteiger partial charge in [-0.05, 0) is 40.9 Å². The predicted octanol–water partition coefficient (Wildman–Crippen LogP) is 4.83. The first-order valence-corrected chi connectivity index (χ1v) is 6.67. The first-order valence-electron chi connectivity index (χ1n) is 5.49. The van der Waals surface area contributed by atoms with Crippen LogP contribution in [0, 0.1) is 0 Å². The van der Waals surface area contributed by atoms with Crippen LogP contribution >= 0.6 is 27.5 Å². The van der Waals surface area contributed by atoms with Crippen molar-refractivity contribution in [2.75, 3.05) is 5.32 Å². The molecule has 100 valence electrons. The van der Waals surface area contributed by atoms with Crippen molar-refractivity contribution < 1.29 is 13.6 Å². The molecule has 0 heterocycles. The standard InChI is InChI=1S/C12H13BrClF2NO/c13-12(15,16)8-4-3-7-11(18)17-10-6-2-1-5-9(10)14/h1-2,5-6H,3-4,7-8H2,(H,17,18). The van der Waals surface area contributed by atoms with Gasteiger partial charge in [0.15, 0.2) is 0 Å². The average Bonchev–Trinajstić information content (AvgIpc) is 2.26.